The lowest BCUT2D eigenvalue weighted by Crippen LogP contribution is -2.40. The molecule has 0 aliphatic heterocycles. The van der Waals surface area contributed by atoms with E-state index in [1.54, 1.807) is 17.1 Å². The van der Waals surface area contributed by atoms with Gasteiger partial charge in [-0.1, -0.05) is 39.0 Å². The lowest BCUT2D eigenvalue weighted by atomic mass is 9.87. The molecule has 0 aromatic heterocycles. The lowest BCUT2D eigenvalue weighted by Gasteiger charge is -2.20. The van der Waals surface area contributed by atoms with Crippen molar-refractivity contribution in [3.05, 3.63) is 53.5 Å². The van der Waals surface area contributed by atoms with Gasteiger partial charge in [0, 0.05) is 19.6 Å². The van der Waals surface area contributed by atoms with Gasteiger partial charge in [0.25, 0.3) is 0 Å². The Morgan fingerprint density at radius 2 is 1.92 bits per heavy atom. The largest absolute Gasteiger partial charge is 0.492 e. The maximum Gasteiger partial charge on any atom is 0.317 e. The van der Waals surface area contributed by atoms with Gasteiger partial charge in [0.05, 0.1) is 11.1 Å². The fourth-order valence-electron chi connectivity index (χ4n) is 2.20. The summed E-state index contributed by atoms with van der Waals surface area (Å²) < 4.78 is 6.75. The zero-order valence-corrected chi connectivity index (χ0v) is 17.1. The summed E-state index contributed by atoms with van der Waals surface area (Å²) in [6.45, 7) is 16.0. The van der Waals surface area contributed by atoms with Crippen molar-refractivity contribution in [3.8, 4) is 5.75 Å². The van der Waals surface area contributed by atoms with Crippen molar-refractivity contribution in [3.63, 3.8) is 0 Å². The Kier molecular flexibility index (Phi) is 8.76. The summed E-state index contributed by atoms with van der Waals surface area (Å²) in [6.07, 6.45) is 4.13. The lowest BCUT2D eigenvalue weighted by molar-refractivity contribution is 0.207. The molecule has 2 amide bonds. The van der Waals surface area contributed by atoms with E-state index >= 15 is 0 Å². The fourth-order valence-corrected chi connectivity index (χ4v) is 2.69. The molecule has 0 radical (unpaired) electrons. The van der Waals surface area contributed by atoms with E-state index in [2.05, 4.69) is 67.3 Å². The van der Waals surface area contributed by atoms with Crippen LogP contribution in [0.1, 0.15) is 32.8 Å². The molecule has 1 rings (SSSR count). The van der Waals surface area contributed by atoms with E-state index in [4.69, 9.17) is 4.74 Å². The van der Waals surface area contributed by atoms with Crippen molar-refractivity contribution < 1.29 is 9.53 Å². The number of amides is 2. The molecule has 0 bridgehead atoms. The predicted molar refractivity (Wildman–Crippen MR) is 108 cm³/mol. The maximum absolute atomic E-state index is 12.0. The van der Waals surface area contributed by atoms with E-state index in [0.717, 1.165) is 16.6 Å². The van der Waals surface area contributed by atoms with Crippen LogP contribution in [0.25, 0.3) is 0 Å². The van der Waals surface area contributed by atoms with Gasteiger partial charge < -0.3 is 15.0 Å². The Bertz CT molecular complexity index is 584. The molecule has 0 atom stereocenters. The third-order valence-electron chi connectivity index (χ3n) is 3.64. The first-order chi connectivity index (χ1) is 11.8. The smallest absolute Gasteiger partial charge is 0.317 e. The van der Waals surface area contributed by atoms with Crippen molar-refractivity contribution in [2.45, 2.75) is 32.6 Å². The summed E-state index contributed by atoms with van der Waals surface area (Å²) in [5.74, 6) is 0.819. The van der Waals surface area contributed by atoms with Crippen molar-refractivity contribution in [2.75, 3.05) is 26.2 Å². The molecule has 1 aromatic carbocycles. The molecular weight excluding hydrogens is 380 g/mol. The van der Waals surface area contributed by atoms with Crippen LogP contribution in [-0.2, 0) is 5.41 Å². The Labute approximate surface area is 160 Å². The molecule has 0 fully saturated rings. The molecule has 0 unspecified atom stereocenters. The highest BCUT2D eigenvalue weighted by Crippen LogP contribution is 2.31. The minimum Gasteiger partial charge on any atom is -0.492 e. The van der Waals surface area contributed by atoms with Gasteiger partial charge in [-0.05, 0) is 45.5 Å². The number of urea groups is 1. The summed E-state index contributed by atoms with van der Waals surface area (Å²) in [4.78, 5) is 13.7. The minimum absolute atomic E-state index is 0.105. The number of hydrogen-bond acceptors (Lipinski definition) is 2. The van der Waals surface area contributed by atoms with Gasteiger partial charge in [0.2, 0.25) is 0 Å². The number of halogens is 1. The fraction of sp³-hybridized carbons (Fsp3) is 0.450. The van der Waals surface area contributed by atoms with Crippen molar-refractivity contribution in [1.29, 1.82) is 0 Å². The van der Waals surface area contributed by atoms with Crippen LogP contribution in [0.5, 0.6) is 5.75 Å². The quantitative estimate of drug-likeness (QED) is 0.466. The van der Waals surface area contributed by atoms with Gasteiger partial charge in [-0.2, -0.15) is 0 Å². The van der Waals surface area contributed by atoms with Crippen LogP contribution in [0.2, 0.25) is 0 Å². The molecule has 4 nitrogen and oxygen atoms in total. The van der Waals surface area contributed by atoms with Gasteiger partial charge in [-0.3, -0.25) is 0 Å². The van der Waals surface area contributed by atoms with E-state index in [1.165, 1.54) is 5.56 Å². The van der Waals surface area contributed by atoms with Crippen molar-refractivity contribution in [1.82, 2.24) is 10.2 Å². The zero-order chi connectivity index (χ0) is 18.9. The molecule has 5 heteroatoms. The van der Waals surface area contributed by atoms with Gasteiger partial charge in [-0.15, -0.1) is 13.2 Å². The van der Waals surface area contributed by atoms with Gasteiger partial charge >= 0.3 is 6.03 Å². The predicted octanol–water partition coefficient (Wildman–Crippen LogP) is 4.90. The van der Waals surface area contributed by atoms with Crippen LogP contribution in [0.15, 0.2) is 48.0 Å². The highest BCUT2D eigenvalue weighted by molar-refractivity contribution is 9.10. The molecule has 1 N–H and O–H groups in total. The number of rotatable bonds is 9. The van der Waals surface area contributed by atoms with Crippen LogP contribution in [0.3, 0.4) is 0 Å². The molecule has 1 aromatic rings. The molecule has 0 aliphatic carbocycles. The average molecular weight is 409 g/mol. The van der Waals surface area contributed by atoms with E-state index < -0.39 is 0 Å². The van der Waals surface area contributed by atoms with Gasteiger partial charge in [-0.25, -0.2) is 4.79 Å². The first-order valence-corrected chi connectivity index (χ1v) is 9.26. The first-order valence-electron chi connectivity index (χ1n) is 8.47. The molecule has 25 heavy (non-hydrogen) atoms. The number of carbonyl (C=O) groups excluding carboxylic acids is 1. The number of carbonyl (C=O) groups is 1. The van der Waals surface area contributed by atoms with E-state index in [9.17, 15) is 4.79 Å². The van der Waals surface area contributed by atoms with E-state index in [0.29, 0.717) is 26.2 Å². The molecule has 0 saturated carbocycles. The number of nitrogens with one attached hydrogen (secondary N) is 1. The summed E-state index contributed by atoms with van der Waals surface area (Å²) >= 11 is 3.57. The van der Waals surface area contributed by atoms with Crippen molar-refractivity contribution in [2.24, 2.45) is 0 Å². The van der Waals surface area contributed by atoms with E-state index in [-0.39, 0.29) is 11.4 Å². The Morgan fingerprint density at radius 1 is 1.28 bits per heavy atom. The summed E-state index contributed by atoms with van der Waals surface area (Å²) in [5.41, 5.74) is 1.36. The Hall–Kier alpha value is -1.75. The average Bonchev–Trinajstić information content (AvgIpc) is 2.54. The van der Waals surface area contributed by atoms with Crippen LogP contribution in [0.4, 0.5) is 4.79 Å². The molecule has 0 saturated heterocycles. The van der Waals surface area contributed by atoms with E-state index in [1.807, 2.05) is 6.07 Å². The highest BCUT2D eigenvalue weighted by Gasteiger charge is 2.15. The molecule has 0 aliphatic rings. The second-order valence-corrected chi connectivity index (χ2v) is 7.67. The van der Waals surface area contributed by atoms with Crippen LogP contribution < -0.4 is 10.1 Å². The second kappa shape index (κ2) is 10.3. The third kappa shape index (κ3) is 7.34. The zero-order valence-electron chi connectivity index (χ0n) is 15.5. The number of ether oxygens (including phenoxy) is 1. The first kappa shape index (κ1) is 21.3. The molecular formula is C20H29BrN2O2. The topological polar surface area (TPSA) is 41.6 Å². The molecule has 0 spiro atoms. The number of nitrogens with zero attached hydrogens (tertiary/aromatic N) is 1. The Balaban J connectivity index is 2.39. The Morgan fingerprint density at radius 3 is 2.44 bits per heavy atom. The van der Waals surface area contributed by atoms with Gasteiger partial charge in [0.15, 0.2) is 0 Å². The normalized spacial score (nSPS) is 10.9. The monoisotopic (exact) mass is 408 g/mol. The van der Waals surface area contributed by atoms with Crippen LogP contribution in [-0.4, -0.2) is 37.2 Å². The highest BCUT2D eigenvalue weighted by atomic mass is 79.9. The SMILES string of the molecule is C=CCN(CC=C)C(=O)NCCCOc1ccc(C(C)(C)C)cc1Br. The number of benzene rings is 1. The summed E-state index contributed by atoms with van der Waals surface area (Å²) in [5, 5.41) is 2.88. The number of hydrogen-bond donors (Lipinski definition) is 1. The summed E-state index contributed by atoms with van der Waals surface area (Å²) in [7, 11) is 0. The molecule has 138 valence electrons. The van der Waals surface area contributed by atoms with Crippen LogP contribution >= 0.6 is 15.9 Å². The van der Waals surface area contributed by atoms with Crippen molar-refractivity contribution >= 4 is 22.0 Å². The molecule has 0 heterocycles. The van der Waals surface area contributed by atoms with Crippen LogP contribution in [0, 0.1) is 0 Å². The minimum atomic E-state index is -0.115. The third-order valence-corrected chi connectivity index (χ3v) is 4.26. The summed E-state index contributed by atoms with van der Waals surface area (Å²) in [6, 6.07) is 6.05. The van der Waals surface area contributed by atoms with Gasteiger partial charge in [0.1, 0.15) is 5.75 Å². The second-order valence-electron chi connectivity index (χ2n) is 6.81. The standard InChI is InChI=1S/C20H29BrN2O2/c1-6-12-23(13-7-2)19(24)22-11-8-14-25-18-10-9-16(15-17(18)21)20(3,4)5/h6-7,9-10,15H,1-2,8,11-14H2,3-5H3,(H,22,24). The maximum atomic E-state index is 12.0.